The number of benzene rings is 2. The first kappa shape index (κ1) is 15.3. The second-order valence-electron chi connectivity index (χ2n) is 5.82. The maximum atomic E-state index is 12.7. The highest BCUT2D eigenvalue weighted by Gasteiger charge is 2.32. The fraction of sp³-hybridized carbons (Fsp3) is 0.333. The van der Waals surface area contributed by atoms with E-state index in [1.54, 1.807) is 12.1 Å². The zero-order chi connectivity index (χ0) is 15.6. The van der Waals surface area contributed by atoms with E-state index < -0.39 is 9.84 Å². The van der Waals surface area contributed by atoms with Gasteiger partial charge in [0.1, 0.15) is 0 Å². The molecule has 0 radical (unpaired) electrons. The summed E-state index contributed by atoms with van der Waals surface area (Å²) in [5, 5.41) is 3.57. The van der Waals surface area contributed by atoms with Gasteiger partial charge in [0.15, 0.2) is 9.84 Å². The topological polar surface area (TPSA) is 46.2 Å². The fourth-order valence-electron chi connectivity index (χ4n) is 3.17. The Morgan fingerprint density at radius 1 is 1.05 bits per heavy atom. The molecule has 4 heteroatoms. The molecule has 0 saturated carbocycles. The maximum Gasteiger partial charge on any atom is 0.180 e. The van der Waals surface area contributed by atoms with Gasteiger partial charge in [0.05, 0.1) is 16.7 Å². The van der Waals surface area contributed by atoms with Crippen molar-refractivity contribution in [3.8, 4) is 0 Å². The highest BCUT2D eigenvalue weighted by atomic mass is 32.2. The first-order valence-electron chi connectivity index (χ1n) is 7.74. The Bertz CT molecular complexity index is 741. The van der Waals surface area contributed by atoms with E-state index in [1.807, 2.05) is 30.3 Å². The van der Waals surface area contributed by atoms with Crippen LogP contribution in [0.15, 0.2) is 59.5 Å². The lowest BCUT2D eigenvalue weighted by molar-refractivity contribution is 0.471. The normalized spacial score (nSPS) is 23.5. The maximum absolute atomic E-state index is 12.7. The van der Waals surface area contributed by atoms with Crippen LogP contribution in [0.25, 0.3) is 0 Å². The lowest BCUT2D eigenvalue weighted by atomic mass is 9.97. The number of sulfone groups is 1. The van der Waals surface area contributed by atoms with Gasteiger partial charge in [-0.05, 0) is 23.6 Å². The van der Waals surface area contributed by atoms with Gasteiger partial charge in [-0.15, -0.1) is 0 Å². The molecule has 0 saturated heterocycles. The molecule has 3 rings (SSSR count). The van der Waals surface area contributed by atoms with Crippen LogP contribution < -0.4 is 5.32 Å². The van der Waals surface area contributed by atoms with Crippen LogP contribution in [0.3, 0.4) is 0 Å². The smallest absolute Gasteiger partial charge is 0.180 e. The van der Waals surface area contributed by atoms with E-state index in [0.717, 1.165) is 24.0 Å². The molecule has 0 aromatic heterocycles. The van der Waals surface area contributed by atoms with Crippen molar-refractivity contribution >= 4 is 9.84 Å². The molecule has 0 bridgehead atoms. The van der Waals surface area contributed by atoms with Gasteiger partial charge in [0.2, 0.25) is 0 Å². The molecule has 1 aliphatic rings. The average molecular weight is 315 g/mol. The Hall–Kier alpha value is -1.65. The summed E-state index contributed by atoms with van der Waals surface area (Å²) in [6, 6.07) is 17.3. The summed E-state index contributed by atoms with van der Waals surface area (Å²) in [6.45, 7) is 2.09. The number of rotatable bonds is 3. The molecule has 3 nitrogen and oxygen atoms in total. The average Bonchev–Trinajstić information content (AvgIpc) is 2.63. The summed E-state index contributed by atoms with van der Waals surface area (Å²) in [6.07, 6.45) is 1.82. The summed E-state index contributed by atoms with van der Waals surface area (Å²) in [7, 11) is -3.25. The molecule has 116 valence electrons. The Morgan fingerprint density at radius 3 is 2.45 bits per heavy atom. The molecule has 22 heavy (non-hydrogen) atoms. The summed E-state index contributed by atoms with van der Waals surface area (Å²) in [4.78, 5) is 0.468. The van der Waals surface area contributed by atoms with E-state index in [2.05, 4.69) is 24.4 Å². The third-order valence-corrected chi connectivity index (χ3v) is 6.04. The van der Waals surface area contributed by atoms with Crippen molar-refractivity contribution in [3.05, 3.63) is 65.7 Å². The molecule has 0 aliphatic carbocycles. The number of fused-ring (bicyclic) bond motifs is 1. The van der Waals surface area contributed by atoms with E-state index in [-0.39, 0.29) is 17.8 Å². The molecule has 2 atom stereocenters. The molecule has 1 heterocycles. The molecular weight excluding hydrogens is 294 g/mol. The predicted molar refractivity (Wildman–Crippen MR) is 88.6 cm³/mol. The highest BCUT2D eigenvalue weighted by molar-refractivity contribution is 7.91. The molecule has 1 aliphatic heterocycles. The zero-order valence-electron chi connectivity index (χ0n) is 12.7. The second kappa shape index (κ2) is 6.23. The number of hydrogen-bond acceptors (Lipinski definition) is 3. The molecule has 2 unspecified atom stereocenters. The monoisotopic (exact) mass is 315 g/mol. The van der Waals surface area contributed by atoms with Gasteiger partial charge in [-0.2, -0.15) is 0 Å². The second-order valence-corrected chi connectivity index (χ2v) is 7.82. The third-order valence-electron chi connectivity index (χ3n) is 4.16. The Balaban J connectivity index is 2.14. The van der Waals surface area contributed by atoms with Crippen LogP contribution >= 0.6 is 0 Å². The van der Waals surface area contributed by atoms with Crippen LogP contribution in [0, 0.1) is 0 Å². The van der Waals surface area contributed by atoms with Crippen molar-refractivity contribution in [2.75, 3.05) is 5.75 Å². The lowest BCUT2D eigenvalue weighted by Crippen LogP contribution is -2.35. The predicted octanol–water partition coefficient (Wildman–Crippen LogP) is 3.32. The summed E-state index contributed by atoms with van der Waals surface area (Å²) in [5.74, 6) is 0.168. The first-order valence-corrected chi connectivity index (χ1v) is 9.39. The van der Waals surface area contributed by atoms with E-state index in [9.17, 15) is 8.42 Å². The van der Waals surface area contributed by atoms with Gasteiger partial charge >= 0.3 is 0 Å². The highest BCUT2D eigenvalue weighted by Crippen LogP contribution is 2.32. The number of hydrogen-bond donors (Lipinski definition) is 1. The van der Waals surface area contributed by atoms with Crippen LogP contribution in [0.1, 0.15) is 36.9 Å². The van der Waals surface area contributed by atoms with Crippen LogP contribution in [-0.2, 0) is 9.84 Å². The van der Waals surface area contributed by atoms with Crippen molar-refractivity contribution in [3.63, 3.8) is 0 Å². The molecule has 0 spiro atoms. The Morgan fingerprint density at radius 2 is 1.73 bits per heavy atom. The van der Waals surface area contributed by atoms with Crippen molar-refractivity contribution in [2.45, 2.75) is 36.7 Å². The third kappa shape index (κ3) is 2.94. The van der Waals surface area contributed by atoms with Crippen molar-refractivity contribution in [1.29, 1.82) is 0 Å². The summed E-state index contributed by atoms with van der Waals surface area (Å²) in [5.41, 5.74) is 1.96. The largest absolute Gasteiger partial charge is 0.302 e. The van der Waals surface area contributed by atoms with Crippen LogP contribution in [-0.4, -0.2) is 20.2 Å². The molecule has 0 fully saturated rings. The van der Waals surface area contributed by atoms with Gasteiger partial charge in [0.25, 0.3) is 0 Å². The molecule has 2 aromatic rings. The van der Waals surface area contributed by atoms with Crippen LogP contribution in [0.2, 0.25) is 0 Å². The van der Waals surface area contributed by atoms with Gasteiger partial charge in [-0.3, -0.25) is 0 Å². The van der Waals surface area contributed by atoms with Gasteiger partial charge in [-0.1, -0.05) is 61.9 Å². The first-order chi connectivity index (χ1) is 10.6. The van der Waals surface area contributed by atoms with Gasteiger partial charge in [-0.25, -0.2) is 8.42 Å². The van der Waals surface area contributed by atoms with E-state index in [1.165, 1.54) is 0 Å². The minimum absolute atomic E-state index is 0.0207. The fourth-order valence-corrected chi connectivity index (χ4v) is 4.97. The number of nitrogens with one attached hydrogen (secondary N) is 1. The molecule has 1 N–H and O–H groups in total. The van der Waals surface area contributed by atoms with E-state index in [0.29, 0.717) is 4.90 Å². The zero-order valence-corrected chi connectivity index (χ0v) is 13.5. The van der Waals surface area contributed by atoms with Crippen molar-refractivity contribution in [1.82, 2.24) is 5.32 Å². The van der Waals surface area contributed by atoms with Crippen molar-refractivity contribution in [2.24, 2.45) is 0 Å². The van der Waals surface area contributed by atoms with E-state index >= 15 is 0 Å². The lowest BCUT2D eigenvalue weighted by Gasteiger charge is -2.23. The summed E-state index contributed by atoms with van der Waals surface area (Å²) >= 11 is 0. The van der Waals surface area contributed by atoms with E-state index in [4.69, 9.17) is 0 Å². The van der Waals surface area contributed by atoms with Gasteiger partial charge in [0, 0.05) is 6.04 Å². The molecule has 0 amide bonds. The van der Waals surface area contributed by atoms with Crippen LogP contribution in [0.4, 0.5) is 0 Å². The Kier molecular flexibility index (Phi) is 4.32. The minimum Gasteiger partial charge on any atom is -0.302 e. The Labute approximate surface area is 132 Å². The van der Waals surface area contributed by atoms with Gasteiger partial charge < -0.3 is 5.32 Å². The molecule has 2 aromatic carbocycles. The SMILES string of the molecule is CCCC1CS(=O)(=O)c2ccccc2C(c2ccccc2)N1. The summed E-state index contributed by atoms with van der Waals surface area (Å²) < 4.78 is 25.4. The molecular formula is C18H21NO2S. The minimum atomic E-state index is -3.25. The quantitative estimate of drug-likeness (QED) is 0.945. The standard InChI is InChI=1S/C18H21NO2S/c1-2-8-15-13-22(20,21)17-12-7-6-11-16(17)18(19-15)14-9-4-3-5-10-14/h3-7,9-12,15,18-19H,2,8,13H2,1H3. The van der Waals surface area contributed by atoms with Crippen molar-refractivity contribution < 1.29 is 8.42 Å². The van der Waals surface area contributed by atoms with Crippen LogP contribution in [0.5, 0.6) is 0 Å².